The normalized spacial score (nSPS) is 12.2. The molecule has 0 saturated carbocycles. The lowest BCUT2D eigenvalue weighted by Gasteiger charge is -2.20. The SMILES string of the molecule is CCCC(NC(=O)C(C)NC(=O)OCc1ccccc1)C(=O)NOC(=O)CN. The van der Waals surface area contributed by atoms with Crippen LogP contribution >= 0.6 is 0 Å². The number of benzene rings is 1. The maximum atomic E-state index is 12.2. The molecule has 0 spiro atoms. The van der Waals surface area contributed by atoms with Gasteiger partial charge in [-0.1, -0.05) is 43.7 Å². The van der Waals surface area contributed by atoms with E-state index in [9.17, 15) is 19.2 Å². The third-order valence-corrected chi connectivity index (χ3v) is 3.58. The fourth-order valence-electron chi connectivity index (χ4n) is 2.08. The molecule has 3 amide bonds. The lowest BCUT2D eigenvalue weighted by molar-refractivity contribution is -0.157. The van der Waals surface area contributed by atoms with Crippen molar-refractivity contribution in [3.05, 3.63) is 35.9 Å². The zero-order valence-electron chi connectivity index (χ0n) is 15.9. The Morgan fingerprint density at radius 2 is 1.75 bits per heavy atom. The van der Waals surface area contributed by atoms with Gasteiger partial charge in [0.25, 0.3) is 5.91 Å². The summed E-state index contributed by atoms with van der Waals surface area (Å²) < 4.78 is 5.05. The highest BCUT2D eigenvalue weighted by Crippen LogP contribution is 2.02. The third-order valence-electron chi connectivity index (χ3n) is 3.58. The molecule has 5 N–H and O–H groups in total. The topological polar surface area (TPSA) is 149 Å². The van der Waals surface area contributed by atoms with Crippen LogP contribution in [-0.2, 0) is 30.6 Å². The summed E-state index contributed by atoms with van der Waals surface area (Å²) in [6, 6.07) is 7.20. The molecular weight excluding hydrogens is 368 g/mol. The Kier molecular flexibility index (Phi) is 10.0. The molecule has 0 saturated heterocycles. The van der Waals surface area contributed by atoms with Gasteiger partial charge in [-0.3, -0.25) is 9.59 Å². The molecule has 1 aromatic carbocycles. The summed E-state index contributed by atoms with van der Waals surface area (Å²) in [7, 11) is 0. The van der Waals surface area contributed by atoms with Crippen molar-refractivity contribution >= 4 is 23.9 Å². The Bertz CT molecular complexity index is 667. The van der Waals surface area contributed by atoms with Crippen molar-refractivity contribution in [3.8, 4) is 0 Å². The molecule has 0 fully saturated rings. The van der Waals surface area contributed by atoms with Gasteiger partial charge >= 0.3 is 12.1 Å². The van der Waals surface area contributed by atoms with Gasteiger partial charge in [0.05, 0.1) is 6.54 Å². The lowest BCUT2D eigenvalue weighted by Crippen LogP contribution is -2.53. The second-order valence-electron chi connectivity index (χ2n) is 5.92. The van der Waals surface area contributed by atoms with Gasteiger partial charge in [-0.15, -0.1) is 0 Å². The first kappa shape index (κ1) is 22.9. The summed E-state index contributed by atoms with van der Waals surface area (Å²) in [5.41, 5.74) is 7.83. The van der Waals surface area contributed by atoms with Crippen LogP contribution < -0.4 is 21.8 Å². The maximum absolute atomic E-state index is 12.2. The van der Waals surface area contributed by atoms with Crippen molar-refractivity contribution in [3.63, 3.8) is 0 Å². The van der Waals surface area contributed by atoms with Crippen LogP contribution in [0.2, 0.25) is 0 Å². The first-order valence-electron chi connectivity index (χ1n) is 8.84. The van der Waals surface area contributed by atoms with Crippen LogP contribution in [0.25, 0.3) is 0 Å². The van der Waals surface area contributed by atoms with E-state index in [0.717, 1.165) is 5.56 Å². The Labute approximate surface area is 163 Å². The summed E-state index contributed by atoms with van der Waals surface area (Å²) in [6.07, 6.45) is 0.132. The fraction of sp³-hybridized carbons (Fsp3) is 0.444. The Balaban J connectivity index is 2.48. The van der Waals surface area contributed by atoms with E-state index in [-0.39, 0.29) is 6.61 Å². The predicted octanol–water partition coefficient (Wildman–Crippen LogP) is 0.119. The van der Waals surface area contributed by atoms with Crippen molar-refractivity contribution in [1.29, 1.82) is 0 Å². The van der Waals surface area contributed by atoms with E-state index >= 15 is 0 Å². The summed E-state index contributed by atoms with van der Waals surface area (Å²) in [5, 5.41) is 4.88. The average molecular weight is 394 g/mol. The van der Waals surface area contributed by atoms with E-state index in [0.29, 0.717) is 12.8 Å². The predicted molar refractivity (Wildman–Crippen MR) is 99.4 cm³/mol. The van der Waals surface area contributed by atoms with Crippen molar-refractivity contribution in [2.45, 2.75) is 45.4 Å². The minimum atomic E-state index is -0.943. The molecule has 0 bridgehead atoms. The number of nitrogens with one attached hydrogen (secondary N) is 3. The number of hydroxylamine groups is 1. The standard InChI is InChI=1S/C18H26N4O6/c1-3-7-14(17(25)22-28-15(23)10-19)21-16(24)12(2)20-18(26)27-11-13-8-5-4-6-9-13/h4-6,8-9,12,14H,3,7,10-11,19H2,1-2H3,(H,20,26)(H,21,24)(H,22,25). The second kappa shape index (κ2) is 12.3. The number of alkyl carbamates (subject to hydrolysis) is 1. The Hall–Kier alpha value is -3.14. The van der Waals surface area contributed by atoms with Crippen LogP contribution in [0.1, 0.15) is 32.3 Å². The van der Waals surface area contributed by atoms with E-state index in [2.05, 4.69) is 15.5 Å². The van der Waals surface area contributed by atoms with E-state index in [1.807, 2.05) is 30.6 Å². The maximum Gasteiger partial charge on any atom is 0.408 e. The zero-order chi connectivity index (χ0) is 20.9. The van der Waals surface area contributed by atoms with Crippen LogP contribution in [0.3, 0.4) is 0 Å². The molecule has 0 aliphatic carbocycles. The molecular formula is C18H26N4O6. The Morgan fingerprint density at radius 1 is 1.07 bits per heavy atom. The molecule has 10 heteroatoms. The highest BCUT2D eigenvalue weighted by molar-refractivity contribution is 5.91. The summed E-state index contributed by atoms with van der Waals surface area (Å²) in [4.78, 5) is 51.6. The van der Waals surface area contributed by atoms with Gasteiger partial charge in [-0.05, 0) is 18.9 Å². The second-order valence-corrected chi connectivity index (χ2v) is 5.92. The van der Waals surface area contributed by atoms with Crippen molar-refractivity contribution < 1.29 is 28.8 Å². The molecule has 1 rings (SSSR count). The zero-order valence-corrected chi connectivity index (χ0v) is 15.9. The number of rotatable bonds is 9. The van der Waals surface area contributed by atoms with Crippen LogP contribution in [0.15, 0.2) is 30.3 Å². The number of ether oxygens (including phenoxy) is 1. The van der Waals surface area contributed by atoms with E-state index in [1.54, 1.807) is 12.1 Å². The molecule has 1 aromatic rings. The summed E-state index contributed by atoms with van der Waals surface area (Å²) >= 11 is 0. The van der Waals surface area contributed by atoms with E-state index < -0.39 is 42.5 Å². The molecule has 2 unspecified atom stereocenters. The van der Waals surface area contributed by atoms with Gasteiger partial charge in [-0.25, -0.2) is 9.59 Å². The van der Waals surface area contributed by atoms with Gasteiger partial charge in [0.2, 0.25) is 5.91 Å². The molecule has 10 nitrogen and oxygen atoms in total. The van der Waals surface area contributed by atoms with E-state index in [1.165, 1.54) is 6.92 Å². The number of amides is 3. The molecule has 0 aliphatic heterocycles. The molecule has 0 radical (unpaired) electrons. The largest absolute Gasteiger partial charge is 0.445 e. The minimum Gasteiger partial charge on any atom is -0.445 e. The highest BCUT2D eigenvalue weighted by atomic mass is 16.7. The van der Waals surface area contributed by atoms with Gasteiger partial charge in [0.1, 0.15) is 18.7 Å². The monoisotopic (exact) mass is 394 g/mol. The van der Waals surface area contributed by atoms with Crippen LogP contribution in [-0.4, -0.2) is 42.5 Å². The number of nitrogens with two attached hydrogens (primary N) is 1. The minimum absolute atomic E-state index is 0.0639. The summed E-state index contributed by atoms with van der Waals surface area (Å²) in [6.45, 7) is 2.95. The summed E-state index contributed by atoms with van der Waals surface area (Å²) in [5.74, 6) is -2.10. The molecule has 0 aliphatic rings. The number of hydrogen-bond donors (Lipinski definition) is 4. The molecule has 28 heavy (non-hydrogen) atoms. The lowest BCUT2D eigenvalue weighted by atomic mass is 10.1. The highest BCUT2D eigenvalue weighted by Gasteiger charge is 2.24. The quantitative estimate of drug-likeness (QED) is 0.435. The first-order valence-corrected chi connectivity index (χ1v) is 8.84. The first-order chi connectivity index (χ1) is 13.4. The number of carbonyl (C=O) groups excluding carboxylic acids is 4. The van der Waals surface area contributed by atoms with Gasteiger partial charge in [0, 0.05) is 0 Å². The molecule has 154 valence electrons. The fourth-order valence-corrected chi connectivity index (χ4v) is 2.08. The molecule has 0 aromatic heterocycles. The number of carbonyl (C=O) groups is 4. The van der Waals surface area contributed by atoms with Gasteiger partial charge < -0.3 is 25.9 Å². The van der Waals surface area contributed by atoms with Crippen LogP contribution in [0.4, 0.5) is 4.79 Å². The van der Waals surface area contributed by atoms with Crippen LogP contribution in [0, 0.1) is 0 Å². The van der Waals surface area contributed by atoms with Gasteiger partial charge in [-0.2, -0.15) is 5.48 Å². The number of hydrogen-bond acceptors (Lipinski definition) is 7. The molecule has 0 heterocycles. The average Bonchev–Trinajstić information content (AvgIpc) is 2.70. The smallest absolute Gasteiger partial charge is 0.408 e. The molecule has 2 atom stereocenters. The van der Waals surface area contributed by atoms with Crippen molar-refractivity contribution in [1.82, 2.24) is 16.1 Å². The van der Waals surface area contributed by atoms with Crippen molar-refractivity contribution in [2.24, 2.45) is 5.73 Å². The van der Waals surface area contributed by atoms with Crippen molar-refractivity contribution in [2.75, 3.05) is 6.54 Å². The Morgan fingerprint density at radius 3 is 2.36 bits per heavy atom. The van der Waals surface area contributed by atoms with E-state index in [4.69, 9.17) is 10.5 Å². The third kappa shape index (κ3) is 8.49. The van der Waals surface area contributed by atoms with Crippen LogP contribution in [0.5, 0.6) is 0 Å². The van der Waals surface area contributed by atoms with Gasteiger partial charge in [0.15, 0.2) is 0 Å².